The van der Waals surface area contributed by atoms with Gasteiger partial charge in [-0.3, -0.25) is 4.98 Å². The molecule has 1 fully saturated rings. The monoisotopic (exact) mass is 268 g/mol. The predicted octanol–water partition coefficient (Wildman–Crippen LogP) is 1.75. The maximum atomic E-state index is 12.7. The highest BCUT2D eigenvalue weighted by Crippen LogP contribution is 2.18. The lowest BCUT2D eigenvalue weighted by Gasteiger charge is -2.31. The van der Waals surface area contributed by atoms with Crippen molar-refractivity contribution in [3.05, 3.63) is 29.8 Å². The lowest BCUT2D eigenvalue weighted by atomic mass is 10.1. The molecule has 1 aliphatic heterocycles. The van der Waals surface area contributed by atoms with Gasteiger partial charge in [-0.25, -0.2) is 4.39 Å². The molecule has 2 heterocycles. The van der Waals surface area contributed by atoms with Gasteiger partial charge in [0.05, 0.1) is 24.1 Å². The zero-order chi connectivity index (χ0) is 13.7. The van der Waals surface area contributed by atoms with Crippen molar-refractivity contribution in [2.75, 3.05) is 26.7 Å². The SMILES string of the molecule is COC1CCN(CCC(O)c2ccc(F)cn2)CC1. The normalized spacial score (nSPS) is 19.5. The number of likely N-dealkylation sites (tertiary alicyclic amines) is 1. The van der Waals surface area contributed by atoms with E-state index in [2.05, 4.69) is 9.88 Å². The molecule has 0 amide bonds. The van der Waals surface area contributed by atoms with E-state index in [0.717, 1.165) is 38.7 Å². The molecule has 1 aliphatic rings. The van der Waals surface area contributed by atoms with Crippen LogP contribution in [0.4, 0.5) is 4.39 Å². The largest absolute Gasteiger partial charge is 0.387 e. The van der Waals surface area contributed by atoms with Crippen molar-refractivity contribution < 1.29 is 14.2 Å². The number of methoxy groups -OCH3 is 1. The minimum atomic E-state index is -0.624. The Balaban J connectivity index is 1.75. The second-order valence-electron chi connectivity index (χ2n) is 4.98. The minimum absolute atomic E-state index is 0.375. The average Bonchev–Trinajstić information content (AvgIpc) is 2.46. The van der Waals surface area contributed by atoms with Gasteiger partial charge in [0.25, 0.3) is 0 Å². The van der Waals surface area contributed by atoms with Gasteiger partial charge in [-0.1, -0.05) is 0 Å². The highest BCUT2D eigenvalue weighted by atomic mass is 19.1. The first-order valence-corrected chi connectivity index (χ1v) is 6.73. The van der Waals surface area contributed by atoms with Gasteiger partial charge < -0.3 is 14.7 Å². The quantitative estimate of drug-likeness (QED) is 0.884. The van der Waals surface area contributed by atoms with Gasteiger partial charge in [-0.05, 0) is 31.4 Å². The number of pyridine rings is 1. The molecule has 4 nitrogen and oxygen atoms in total. The summed E-state index contributed by atoms with van der Waals surface area (Å²) in [6, 6.07) is 2.87. The van der Waals surface area contributed by atoms with Crippen LogP contribution in [-0.2, 0) is 4.74 Å². The van der Waals surface area contributed by atoms with Crippen LogP contribution in [0.5, 0.6) is 0 Å². The number of aliphatic hydroxyl groups is 1. The average molecular weight is 268 g/mol. The molecule has 1 aromatic rings. The third kappa shape index (κ3) is 4.23. The number of piperidine rings is 1. The van der Waals surface area contributed by atoms with Crippen LogP contribution >= 0.6 is 0 Å². The Morgan fingerprint density at radius 1 is 1.47 bits per heavy atom. The number of hydrogen-bond acceptors (Lipinski definition) is 4. The predicted molar refractivity (Wildman–Crippen MR) is 70.2 cm³/mol. The van der Waals surface area contributed by atoms with Crippen molar-refractivity contribution in [3.8, 4) is 0 Å². The summed E-state index contributed by atoms with van der Waals surface area (Å²) in [5, 5.41) is 10.0. The van der Waals surface area contributed by atoms with Crippen LogP contribution in [0.15, 0.2) is 18.3 Å². The summed E-state index contributed by atoms with van der Waals surface area (Å²) in [4.78, 5) is 6.23. The number of aromatic nitrogens is 1. The van der Waals surface area contributed by atoms with Crippen molar-refractivity contribution in [3.63, 3.8) is 0 Å². The van der Waals surface area contributed by atoms with E-state index in [4.69, 9.17) is 4.74 Å². The fraction of sp³-hybridized carbons (Fsp3) is 0.643. The Labute approximate surface area is 113 Å². The maximum absolute atomic E-state index is 12.7. The van der Waals surface area contributed by atoms with Crippen LogP contribution in [0.2, 0.25) is 0 Å². The zero-order valence-corrected chi connectivity index (χ0v) is 11.3. The molecule has 1 aromatic heterocycles. The maximum Gasteiger partial charge on any atom is 0.141 e. The number of ether oxygens (including phenoxy) is 1. The van der Waals surface area contributed by atoms with Crippen molar-refractivity contribution in [2.45, 2.75) is 31.5 Å². The van der Waals surface area contributed by atoms with E-state index in [1.807, 2.05) is 0 Å². The van der Waals surface area contributed by atoms with Crippen LogP contribution in [0.25, 0.3) is 0 Å². The minimum Gasteiger partial charge on any atom is -0.387 e. The third-order valence-corrected chi connectivity index (χ3v) is 3.68. The van der Waals surface area contributed by atoms with Gasteiger partial charge >= 0.3 is 0 Å². The van der Waals surface area contributed by atoms with Crippen molar-refractivity contribution in [2.24, 2.45) is 0 Å². The summed E-state index contributed by atoms with van der Waals surface area (Å²) in [5.74, 6) is -0.377. The number of halogens is 1. The second-order valence-corrected chi connectivity index (χ2v) is 4.98. The van der Waals surface area contributed by atoms with Gasteiger partial charge in [-0.2, -0.15) is 0 Å². The Bertz CT molecular complexity index is 378. The highest BCUT2D eigenvalue weighted by Gasteiger charge is 2.19. The molecule has 106 valence electrons. The van der Waals surface area contributed by atoms with E-state index in [1.165, 1.54) is 12.1 Å². The van der Waals surface area contributed by atoms with Crippen LogP contribution < -0.4 is 0 Å². The summed E-state index contributed by atoms with van der Waals surface area (Å²) in [7, 11) is 1.75. The summed E-state index contributed by atoms with van der Waals surface area (Å²) in [6.07, 6.45) is 3.60. The van der Waals surface area contributed by atoms with Crippen LogP contribution in [-0.4, -0.2) is 47.8 Å². The summed E-state index contributed by atoms with van der Waals surface area (Å²) >= 11 is 0. The van der Waals surface area contributed by atoms with E-state index in [0.29, 0.717) is 18.2 Å². The topological polar surface area (TPSA) is 45.6 Å². The highest BCUT2D eigenvalue weighted by molar-refractivity contribution is 5.07. The first kappa shape index (κ1) is 14.4. The van der Waals surface area contributed by atoms with Gasteiger partial charge in [0.1, 0.15) is 5.82 Å². The molecule has 0 radical (unpaired) electrons. The number of rotatable bonds is 5. The number of nitrogens with zero attached hydrogens (tertiary/aromatic N) is 2. The molecule has 0 aliphatic carbocycles. The second kappa shape index (κ2) is 6.93. The molecular formula is C14H21FN2O2. The van der Waals surface area contributed by atoms with Crippen molar-refractivity contribution in [1.82, 2.24) is 9.88 Å². The number of hydrogen-bond donors (Lipinski definition) is 1. The van der Waals surface area contributed by atoms with Crippen LogP contribution in [0.3, 0.4) is 0 Å². The van der Waals surface area contributed by atoms with Gasteiger partial charge in [-0.15, -0.1) is 0 Å². The molecule has 19 heavy (non-hydrogen) atoms. The Hall–Kier alpha value is -1.04. The van der Waals surface area contributed by atoms with Crippen LogP contribution in [0, 0.1) is 5.82 Å². The summed E-state index contributed by atoms with van der Waals surface area (Å²) in [5.41, 5.74) is 0.535. The molecule has 0 spiro atoms. The standard InChI is InChI=1S/C14H21FN2O2/c1-19-12-4-7-17(8-5-12)9-6-14(18)13-3-2-11(15)10-16-13/h2-3,10,12,14,18H,4-9H2,1H3. The van der Waals surface area contributed by atoms with Gasteiger partial charge in [0.15, 0.2) is 0 Å². The van der Waals surface area contributed by atoms with Crippen LogP contribution in [0.1, 0.15) is 31.1 Å². The molecule has 0 bridgehead atoms. The molecule has 0 saturated carbocycles. The molecule has 1 N–H and O–H groups in total. The van der Waals surface area contributed by atoms with E-state index >= 15 is 0 Å². The van der Waals surface area contributed by atoms with Crippen molar-refractivity contribution >= 4 is 0 Å². The Kier molecular flexibility index (Phi) is 5.24. The molecule has 1 atom stereocenters. The molecule has 5 heteroatoms. The Morgan fingerprint density at radius 2 is 2.21 bits per heavy atom. The van der Waals surface area contributed by atoms with Gasteiger partial charge in [0.2, 0.25) is 0 Å². The van der Waals surface area contributed by atoms with Gasteiger partial charge in [0, 0.05) is 26.7 Å². The smallest absolute Gasteiger partial charge is 0.141 e. The summed E-state index contributed by atoms with van der Waals surface area (Å²) < 4.78 is 18.1. The fourth-order valence-corrected chi connectivity index (χ4v) is 2.41. The lowest BCUT2D eigenvalue weighted by Crippen LogP contribution is -2.37. The van der Waals surface area contributed by atoms with Crippen molar-refractivity contribution in [1.29, 1.82) is 0 Å². The van der Waals surface area contributed by atoms with E-state index in [1.54, 1.807) is 7.11 Å². The zero-order valence-electron chi connectivity index (χ0n) is 11.3. The molecular weight excluding hydrogens is 247 g/mol. The molecule has 1 saturated heterocycles. The Morgan fingerprint density at radius 3 is 2.79 bits per heavy atom. The first-order chi connectivity index (χ1) is 9.19. The fourth-order valence-electron chi connectivity index (χ4n) is 2.41. The van der Waals surface area contributed by atoms with E-state index in [-0.39, 0.29) is 5.82 Å². The third-order valence-electron chi connectivity index (χ3n) is 3.68. The summed E-state index contributed by atoms with van der Waals surface area (Å²) in [6.45, 7) is 2.83. The first-order valence-electron chi connectivity index (χ1n) is 6.73. The number of aliphatic hydroxyl groups excluding tert-OH is 1. The molecule has 0 aromatic carbocycles. The van der Waals surface area contributed by atoms with E-state index < -0.39 is 6.10 Å². The molecule has 1 unspecified atom stereocenters. The molecule has 2 rings (SSSR count). The van der Waals surface area contributed by atoms with E-state index in [9.17, 15) is 9.50 Å². The lowest BCUT2D eigenvalue weighted by molar-refractivity contribution is 0.0358.